The van der Waals surface area contributed by atoms with E-state index in [0.717, 1.165) is 25.7 Å². The van der Waals surface area contributed by atoms with Gasteiger partial charge in [0, 0.05) is 0 Å². The summed E-state index contributed by atoms with van der Waals surface area (Å²) in [5.74, 6) is 0.626. The van der Waals surface area contributed by atoms with Crippen LogP contribution in [-0.2, 0) is 16.0 Å². The van der Waals surface area contributed by atoms with Crippen molar-refractivity contribution in [3.63, 3.8) is 0 Å². The summed E-state index contributed by atoms with van der Waals surface area (Å²) in [5, 5.41) is 9.88. The fourth-order valence-corrected chi connectivity index (χ4v) is 3.32. The summed E-state index contributed by atoms with van der Waals surface area (Å²) in [6.45, 7) is 8.07. The molecular weight excluding hydrogens is 364 g/mol. The van der Waals surface area contributed by atoms with Crippen LogP contribution in [0, 0.1) is 11.8 Å². The topological polar surface area (TPSA) is 59.7 Å². The van der Waals surface area contributed by atoms with Gasteiger partial charge in [-0.3, -0.25) is 0 Å². The van der Waals surface area contributed by atoms with Gasteiger partial charge in [0.2, 0.25) is 0 Å². The Labute approximate surface area is 174 Å². The van der Waals surface area contributed by atoms with E-state index in [1.807, 2.05) is 18.4 Å². The Morgan fingerprint density at radius 3 is 2.62 bits per heavy atom. The summed E-state index contributed by atoms with van der Waals surface area (Å²) in [7, 11) is 0. The number of aryl methyl sites for hydroxylation is 1. The minimum absolute atomic E-state index is 0.0260. The zero-order valence-electron chi connectivity index (χ0n) is 18.1. The molecule has 0 bridgehead atoms. The molecule has 2 rings (SSSR count). The smallest absolute Gasteiger partial charge is 0.343 e. The molecule has 0 radical (unpaired) electrons. The van der Waals surface area contributed by atoms with Crippen LogP contribution in [0.25, 0.3) is 0 Å². The number of carbonyl (C=O) groups is 1. The third-order valence-corrected chi connectivity index (χ3v) is 5.29. The summed E-state index contributed by atoms with van der Waals surface area (Å²) >= 11 is 0. The second-order valence-electron chi connectivity index (χ2n) is 8.16. The number of rotatable bonds is 11. The van der Waals surface area contributed by atoms with Crippen LogP contribution in [0.2, 0.25) is 0 Å². The number of esters is 1. The van der Waals surface area contributed by atoms with Crippen molar-refractivity contribution in [2.45, 2.75) is 66.2 Å². The largest absolute Gasteiger partial charge is 0.504 e. The lowest BCUT2D eigenvalue weighted by Crippen LogP contribution is -1.97. The van der Waals surface area contributed by atoms with Gasteiger partial charge in [-0.05, 0) is 81.9 Å². The van der Waals surface area contributed by atoms with E-state index >= 15 is 0 Å². The van der Waals surface area contributed by atoms with Gasteiger partial charge in [-0.15, -0.1) is 0 Å². The predicted molar refractivity (Wildman–Crippen MR) is 116 cm³/mol. The first-order valence-corrected chi connectivity index (χ1v) is 10.6. The molecule has 2 unspecified atom stereocenters. The lowest BCUT2D eigenvalue weighted by Gasteiger charge is -2.08. The van der Waals surface area contributed by atoms with Crippen molar-refractivity contribution in [2.24, 2.45) is 11.8 Å². The molecule has 0 aromatic carbocycles. The highest BCUT2D eigenvalue weighted by molar-refractivity contribution is 5.93. The molecule has 0 saturated heterocycles. The first-order chi connectivity index (χ1) is 13.9. The Morgan fingerprint density at radius 1 is 1.21 bits per heavy atom. The van der Waals surface area contributed by atoms with Crippen molar-refractivity contribution in [1.29, 1.82) is 0 Å². The summed E-state index contributed by atoms with van der Waals surface area (Å²) < 4.78 is 10.2. The fraction of sp³-hybridized carbons (Fsp3) is 0.480. The van der Waals surface area contributed by atoms with Crippen LogP contribution < -0.4 is 0 Å². The first kappa shape index (κ1) is 22.8. The van der Waals surface area contributed by atoms with Crippen LogP contribution in [0.3, 0.4) is 0 Å². The number of hydrogen-bond acceptors (Lipinski definition) is 4. The second-order valence-corrected chi connectivity index (χ2v) is 8.16. The number of cyclic esters (lactones) is 1. The van der Waals surface area contributed by atoms with Gasteiger partial charge < -0.3 is 14.3 Å². The van der Waals surface area contributed by atoms with Crippen LogP contribution in [0.4, 0.5) is 0 Å². The highest BCUT2D eigenvalue weighted by Crippen LogP contribution is 2.26. The SMILES string of the molecule is CC1=C(O)/C(=C/C(C)CCC/C(C)=C/C=C/C(C)CCCc2ccoc2)OC1=O. The highest BCUT2D eigenvalue weighted by atomic mass is 16.6. The van der Waals surface area contributed by atoms with Gasteiger partial charge in [-0.1, -0.05) is 37.6 Å². The lowest BCUT2D eigenvalue weighted by molar-refractivity contribution is -0.133. The molecule has 1 aromatic rings. The number of aliphatic hydroxyl groups excluding tert-OH is 1. The average molecular weight is 399 g/mol. The van der Waals surface area contributed by atoms with Gasteiger partial charge >= 0.3 is 5.97 Å². The molecular formula is C25H34O4. The molecule has 2 atom stereocenters. The van der Waals surface area contributed by atoms with E-state index in [4.69, 9.17) is 9.15 Å². The van der Waals surface area contributed by atoms with Gasteiger partial charge in [0.1, 0.15) is 0 Å². The maximum Gasteiger partial charge on any atom is 0.343 e. The molecule has 0 amide bonds. The molecule has 1 aromatic heterocycles. The fourth-order valence-electron chi connectivity index (χ4n) is 3.32. The zero-order chi connectivity index (χ0) is 21.2. The molecule has 1 aliphatic rings. The van der Waals surface area contributed by atoms with Gasteiger partial charge in [-0.25, -0.2) is 4.79 Å². The predicted octanol–water partition coefficient (Wildman–Crippen LogP) is 6.82. The Bertz CT molecular complexity index is 778. The number of ether oxygens (including phenoxy) is 1. The van der Waals surface area contributed by atoms with E-state index in [1.54, 1.807) is 13.2 Å². The van der Waals surface area contributed by atoms with Crippen LogP contribution in [0.5, 0.6) is 0 Å². The molecule has 29 heavy (non-hydrogen) atoms. The maximum atomic E-state index is 11.4. The average Bonchev–Trinajstić information content (AvgIpc) is 3.27. The standard InChI is InChI=1S/C25H34O4/c1-18(8-5-9-19(2)11-7-13-22-14-15-28-17-22)10-6-12-20(3)16-23-24(26)21(4)25(27)29-23/h5,8-9,14-17,19-20,26H,6-7,10-13H2,1-4H3/b9-5+,18-8+,23-16-. The van der Waals surface area contributed by atoms with E-state index in [1.165, 1.54) is 24.0 Å². The van der Waals surface area contributed by atoms with Crippen LogP contribution in [0.15, 0.2) is 70.0 Å². The molecule has 4 nitrogen and oxygen atoms in total. The van der Waals surface area contributed by atoms with E-state index in [-0.39, 0.29) is 17.3 Å². The summed E-state index contributed by atoms with van der Waals surface area (Å²) in [6.07, 6.45) is 18.5. The van der Waals surface area contributed by atoms with Gasteiger partial charge in [0.15, 0.2) is 11.5 Å². The summed E-state index contributed by atoms with van der Waals surface area (Å²) in [5.41, 5.74) is 2.91. The normalized spacial score (nSPS) is 18.7. The van der Waals surface area contributed by atoms with Gasteiger partial charge in [0.25, 0.3) is 0 Å². The molecule has 2 heterocycles. The molecule has 4 heteroatoms. The van der Waals surface area contributed by atoms with E-state index in [2.05, 4.69) is 39.0 Å². The molecule has 1 aliphatic heterocycles. The summed E-state index contributed by atoms with van der Waals surface area (Å²) in [6, 6.07) is 2.03. The van der Waals surface area contributed by atoms with E-state index in [0.29, 0.717) is 11.7 Å². The van der Waals surface area contributed by atoms with Gasteiger partial charge in [0.05, 0.1) is 18.1 Å². The lowest BCUT2D eigenvalue weighted by atomic mass is 9.99. The van der Waals surface area contributed by atoms with Crippen LogP contribution in [-0.4, -0.2) is 11.1 Å². The first-order valence-electron chi connectivity index (χ1n) is 10.6. The molecule has 0 spiro atoms. The van der Waals surface area contributed by atoms with Gasteiger partial charge in [-0.2, -0.15) is 0 Å². The number of carbonyl (C=O) groups excluding carboxylic acids is 1. The van der Waals surface area contributed by atoms with Crippen LogP contribution >= 0.6 is 0 Å². The molecule has 0 aliphatic carbocycles. The number of hydrogen-bond donors (Lipinski definition) is 1. The molecule has 0 saturated carbocycles. The van der Waals surface area contributed by atoms with Crippen molar-refractivity contribution in [1.82, 2.24) is 0 Å². The Hall–Kier alpha value is -2.49. The monoisotopic (exact) mass is 398 g/mol. The van der Waals surface area contributed by atoms with Crippen molar-refractivity contribution in [3.05, 3.63) is 71.1 Å². The van der Waals surface area contributed by atoms with Crippen LogP contribution in [0.1, 0.15) is 65.4 Å². The minimum Gasteiger partial charge on any atom is -0.504 e. The third-order valence-electron chi connectivity index (χ3n) is 5.29. The van der Waals surface area contributed by atoms with Crippen molar-refractivity contribution in [2.75, 3.05) is 0 Å². The Morgan fingerprint density at radius 2 is 1.97 bits per heavy atom. The van der Waals surface area contributed by atoms with E-state index < -0.39 is 5.97 Å². The zero-order valence-corrected chi connectivity index (χ0v) is 18.1. The minimum atomic E-state index is -0.456. The van der Waals surface area contributed by atoms with E-state index in [9.17, 15) is 9.90 Å². The Balaban J connectivity index is 1.65. The number of furan rings is 1. The van der Waals surface area contributed by atoms with Crippen molar-refractivity contribution < 1.29 is 19.1 Å². The third kappa shape index (κ3) is 7.80. The summed E-state index contributed by atoms with van der Waals surface area (Å²) in [4.78, 5) is 11.4. The second kappa shape index (κ2) is 11.5. The number of aliphatic hydroxyl groups is 1. The maximum absolute atomic E-state index is 11.4. The number of allylic oxidation sites excluding steroid dienone is 5. The molecule has 1 N–H and O–H groups in total. The Kier molecular flexibility index (Phi) is 9.04. The van der Waals surface area contributed by atoms with Crippen molar-refractivity contribution in [3.8, 4) is 0 Å². The highest BCUT2D eigenvalue weighted by Gasteiger charge is 2.26. The van der Waals surface area contributed by atoms with Crippen molar-refractivity contribution >= 4 is 5.97 Å². The quantitative estimate of drug-likeness (QED) is 0.328. The molecule has 0 fully saturated rings. The molecule has 158 valence electrons.